The van der Waals surface area contributed by atoms with Gasteiger partial charge in [-0.05, 0) is 12.1 Å². The number of hydrogen-bond donors (Lipinski definition) is 3. The van der Waals surface area contributed by atoms with Crippen LogP contribution in [0.3, 0.4) is 0 Å². The fourth-order valence-electron chi connectivity index (χ4n) is 2.32. The second kappa shape index (κ2) is 7.81. The molecule has 1 aromatic carbocycles. The Morgan fingerprint density at radius 1 is 1.43 bits per heavy atom. The number of carboxylic acid groups (broad SMARTS) is 1. The number of halogens is 4. The molecule has 1 aliphatic heterocycles. The average Bonchev–Trinajstić information content (AvgIpc) is 2.60. The minimum absolute atomic E-state index is 0.0632. The number of rotatable bonds is 1. The van der Waals surface area contributed by atoms with Crippen molar-refractivity contribution in [1.29, 1.82) is 5.26 Å². The molecule has 1 aliphatic rings. The third-order valence-corrected chi connectivity index (χ3v) is 4.03. The highest BCUT2D eigenvalue weighted by atomic mass is 79.9. The van der Waals surface area contributed by atoms with Gasteiger partial charge in [0.2, 0.25) is 5.88 Å². The van der Waals surface area contributed by atoms with Gasteiger partial charge in [0.1, 0.15) is 17.5 Å². The molecular formula is C16H12BrF3N4O4. The topological polar surface area (TPSA) is 144 Å². The summed E-state index contributed by atoms with van der Waals surface area (Å²) in [5.74, 6) is -1.20. The summed E-state index contributed by atoms with van der Waals surface area (Å²) in [6, 6.07) is 5.69. The van der Waals surface area contributed by atoms with Crippen molar-refractivity contribution >= 4 is 33.4 Å². The standard InChI is InChI=1S/C14H11BrN4O2.C2HF3O2/c1-20-10-4-7(15)2-6-3-8-11(17)9(5-16)13(18)19-14(8)21-12(6)10;3-2(4,5)1(6)7/h2,4H,3H2,1H3,(H4,17,18,19);(H,6,7). The molecule has 0 amide bonds. The molecule has 0 spiro atoms. The van der Waals surface area contributed by atoms with Crippen LogP contribution in [0.5, 0.6) is 17.4 Å². The largest absolute Gasteiger partial charge is 0.493 e. The van der Waals surface area contributed by atoms with Crippen LogP contribution in [-0.2, 0) is 11.2 Å². The molecule has 0 saturated heterocycles. The van der Waals surface area contributed by atoms with Gasteiger partial charge in [-0.15, -0.1) is 0 Å². The Morgan fingerprint density at radius 3 is 2.54 bits per heavy atom. The number of aromatic nitrogens is 1. The molecule has 12 heteroatoms. The number of nitrogens with two attached hydrogens (primary N) is 2. The lowest BCUT2D eigenvalue weighted by atomic mass is 9.99. The number of aliphatic carboxylic acids is 1. The van der Waals surface area contributed by atoms with Crippen LogP contribution >= 0.6 is 15.9 Å². The van der Waals surface area contributed by atoms with E-state index < -0.39 is 12.1 Å². The Balaban J connectivity index is 0.000000345. The highest BCUT2D eigenvalue weighted by molar-refractivity contribution is 9.10. The van der Waals surface area contributed by atoms with Crippen LogP contribution in [0.15, 0.2) is 16.6 Å². The van der Waals surface area contributed by atoms with Crippen LogP contribution < -0.4 is 20.9 Å². The van der Waals surface area contributed by atoms with Gasteiger partial charge in [-0.25, -0.2) is 4.79 Å². The number of nitrogen functional groups attached to an aromatic ring is 2. The van der Waals surface area contributed by atoms with Crippen molar-refractivity contribution < 1.29 is 32.5 Å². The molecule has 2 aromatic rings. The maximum atomic E-state index is 10.6. The summed E-state index contributed by atoms with van der Waals surface area (Å²) in [6.07, 6.45) is -4.59. The number of benzene rings is 1. The van der Waals surface area contributed by atoms with Gasteiger partial charge in [-0.2, -0.15) is 23.4 Å². The zero-order chi connectivity index (χ0) is 21.2. The van der Waals surface area contributed by atoms with E-state index >= 15 is 0 Å². The Morgan fingerprint density at radius 2 is 2.04 bits per heavy atom. The van der Waals surface area contributed by atoms with Gasteiger partial charge in [-0.3, -0.25) is 0 Å². The first-order valence-electron chi connectivity index (χ1n) is 7.31. The lowest BCUT2D eigenvalue weighted by molar-refractivity contribution is -0.192. The smallest absolute Gasteiger partial charge is 0.490 e. The van der Waals surface area contributed by atoms with Gasteiger partial charge >= 0.3 is 12.1 Å². The van der Waals surface area contributed by atoms with Crippen molar-refractivity contribution in [2.45, 2.75) is 12.6 Å². The van der Waals surface area contributed by atoms with E-state index in [-0.39, 0.29) is 11.4 Å². The van der Waals surface area contributed by atoms with E-state index in [0.717, 1.165) is 10.0 Å². The van der Waals surface area contributed by atoms with Crippen molar-refractivity contribution in [2.75, 3.05) is 18.6 Å². The van der Waals surface area contributed by atoms with E-state index in [9.17, 15) is 13.2 Å². The quantitative estimate of drug-likeness (QED) is 0.501. The monoisotopic (exact) mass is 460 g/mol. The Bertz CT molecular complexity index is 990. The predicted molar refractivity (Wildman–Crippen MR) is 95.0 cm³/mol. The minimum atomic E-state index is -5.08. The van der Waals surface area contributed by atoms with E-state index in [4.69, 9.17) is 36.1 Å². The summed E-state index contributed by atoms with van der Waals surface area (Å²) < 4.78 is 43.7. The van der Waals surface area contributed by atoms with Crippen LogP contribution in [0, 0.1) is 11.3 Å². The number of fused-ring (bicyclic) bond motifs is 2. The summed E-state index contributed by atoms with van der Waals surface area (Å²) in [5, 5.41) is 16.2. The zero-order valence-corrected chi connectivity index (χ0v) is 15.7. The van der Waals surface area contributed by atoms with Crippen LogP contribution in [0.4, 0.5) is 24.7 Å². The second-order valence-electron chi connectivity index (χ2n) is 5.36. The minimum Gasteiger partial charge on any atom is -0.493 e. The number of alkyl halides is 3. The second-order valence-corrected chi connectivity index (χ2v) is 6.27. The number of nitrogens with zero attached hydrogens (tertiary/aromatic N) is 2. The van der Waals surface area contributed by atoms with Crippen LogP contribution in [-0.4, -0.2) is 29.3 Å². The van der Waals surface area contributed by atoms with Crippen LogP contribution in [0.25, 0.3) is 0 Å². The third-order valence-electron chi connectivity index (χ3n) is 3.57. The highest BCUT2D eigenvalue weighted by Crippen LogP contribution is 2.45. The molecular weight excluding hydrogens is 449 g/mol. The van der Waals surface area contributed by atoms with E-state index in [1.54, 1.807) is 13.2 Å². The van der Waals surface area contributed by atoms with Gasteiger partial charge in [0, 0.05) is 22.0 Å². The molecule has 148 valence electrons. The fourth-order valence-corrected chi connectivity index (χ4v) is 2.80. The van der Waals surface area contributed by atoms with Gasteiger partial charge < -0.3 is 26.0 Å². The van der Waals surface area contributed by atoms with Crippen molar-refractivity contribution in [2.24, 2.45) is 0 Å². The lowest BCUT2D eigenvalue weighted by Gasteiger charge is -2.23. The normalized spacial score (nSPS) is 11.7. The molecule has 0 atom stereocenters. The van der Waals surface area contributed by atoms with E-state index in [2.05, 4.69) is 20.9 Å². The van der Waals surface area contributed by atoms with Gasteiger partial charge in [0.05, 0.1) is 12.8 Å². The number of nitriles is 1. The third kappa shape index (κ3) is 4.20. The number of anilines is 2. The first-order valence-corrected chi connectivity index (χ1v) is 8.11. The maximum absolute atomic E-state index is 10.6. The summed E-state index contributed by atoms with van der Waals surface area (Å²) in [4.78, 5) is 13.0. The fraction of sp³-hybridized carbons (Fsp3) is 0.188. The average molecular weight is 461 g/mol. The number of hydrogen-bond acceptors (Lipinski definition) is 7. The van der Waals surface area contributed by atoms with E-state index in [0.29, 0.717) is 35.1 Å². The zero-order valence-electron chi connectivity index (χ0n) is 14.1. The first-order chi connectivity index (χ1) is 13.0. The lowest BCUT2D eigenvalue weighted by Crippen LogP contribution is -2.21. The molecule has 28 heavy (non-hydrogen) atoms. The molecule has 0 radical (unpaired) electrons. The van der Waals surface area contributed by atoms with Gasteiger partial charge in [0.15, 0.2) is 11.5 Å². The van der Waals surface area contributed by atoms with Crippen LogP contribution in [0.2, 0.25) is 0 Å². The van der Waals surface area contributed by atoms with Crippen molar-refractivity contribution in [3.63, 3.8) is 0 Å². The molecule has 1 aromatic heterocycles. The summed E-state index contributed by atoms with van der Waals surface area (Å²) in [5.41, 5.74) is 13.8. The molecule has 2 heterocycles. The summed E-state index contributed by atoms with van der Waals surface area (Å²) in [7, 11) is 1.57. The van der Waals surface area contributed by atoms with Crippen molar-refractivity contribution in [3.05, 3.63) is 33.3 Å². The SMILES string of the molecule is COc1cc(Br)cc2c1Oc1nc(N)c(C#N)c(N)c1C2.O=C(O)C(F)(F)F. The Kier molecular flexibility index (Phi) is 5.89. The van der Waals surface area contributed by atoms with Gasteiger partial charge in [0.25, 0.3) is 0 Å². The Labute approximate surface area is 164 Å². The summed E-state index contributed by atoms with van der Waals surface area (Å²) >= 11 is 3.43. The molecule has 0 bridgehead atoms. The first kappa shape index (κ1) is 21.1. The molecule has 0 unspecified atom stereocenters. The van der Waals surface area contributed by atoms with Crippen molar-refractivity contribution in [3.8, 4) is 23.4 Å². The van der Waals surface area contributed by atoms with E-state index in [1.165, 1.54) is 0 Å². The maximum Gasteiger partial charge on any atom is 0.490 e. The van der Waals surface area contributed by atoms with Crippen LogP contribution in [0.1, 0.15) is 16.7 Å². The van der Waals surface area contributed by atoms with Gasteiger partial charge in [-0.1, -0.05) is 15.9 Å². The molecule has 0 aliphatic carbocycles. The predicted octanol–water partition coefficient (Wildman–Crippen LogP) is 3.22. The molecule has 5 N–H and O–H groups in total. The van der Waals surface area contributed by atoms with Crippen molar-refractivity contribution in [1.82, 2.24) is 4.98 Å². The Hall–Kier alpha value is -3.20. The molecule has 0 saturated carbocycles. The summed E-state index contributed by atoms with van der Waals surface area (Å²) in [6.45, 7) is 0. The number of ether oxygens (including phenoxy) is 2. The number of carboxylic acids is 1. The number of pyridine rings is 1. The molecule has 8 nitrogen and oxygen atoms in total. The highest BCUT2D eigenvalue weighted by Gasteiger charge is 2.38. The molecule has 3 rings (SSSR count). The number of methoxy groups -OCH3 is 1. The van der Waals surface area contributed by atoms with E-state index in [1.807, 2.05) is 12.1 Å². The molecule has 0 fully saturated rings. The number of carbonyl (C=O) groups is 1.